The van der Waals surface area contributed by atoms with Crippen molar-refractivity contribution in [2.45, 2.75) is 32.7 Å². The van der Waals surface area contributed by atoms with Crippen molar-refractivity contribution < 1.29 is 9.90 Å². The van der Waals surface area contributed by atoms with Gasteiger partial charge >= 0.3 is 6.03 Å². The molecule has 100 valence electrons. The highest BCUT2D eigenvalue weighted by molar-refractivity contribution is 5.74. The number of carbonyl (C=O) groups excluding carboxylic acids is 1. The number of rotatable bonds is 5. The normalized spacial score (nSPS) is 17.5. The summed E-state index contributed by atoms with van der Waals surface area (Å²) in [6.07, 6.45) is 1.96. The van der Waals surface area contributed by atoms with E-state index in [2.05, 4.69) is 24.1 Å². The molecule has 0 aliphatic carbocycles. The number of piperazine rings is 1. The molecule has 0 aromatic rings. The Kier molecular flexibility index (Phi) is 6.29. The Balaban J connectivity index is 2.30. The van der Waals surface area contributed by atoms with Crippen LogP contribution in [0.5, 0.6) is 0 Å². The molecule has 0 bridgehead atoms. The Hall–Kier alpha value is -0.810. The lowest BCUT2D eigenvalue weighted by Gasteiger charge is -2.35. The second kappa shape index (κ2) is 7.50. The number of hydrogen-bond donors (Lipinski definition) is 2. The number of carbonyl (C=O) groups is 1. The van der Waals surface area contributed by atoms with Crippen LogP contribution in [-0.2, 0) is 0 Å². The molecule has 1 heterocycles. The Labute approximate surface area is 104 Å². The molecule has 0 atom stereocenters. The van der Waals surface area contributed by atoms with Crippen LogP contribution in [0.3, 0.4) is 0 Å². The average Bonchev–Trinajstić information content (AvgIpc) is 2.37. The lowest BCUT2D eigenvalue weighted by Crippen LogP contribution is -2.53. The maximum absolute atomic E-state index is 11.9. The third-order valence-electron chi connectivity index (χ3n) is 3.39. The van der Waals surface area contributed by atoms with E-state index in [-0.39, 0.29) is 18.7 Å². The minimum atomic E-state index is 0.0577. The Morgan fingerprint density at radius 1 is 1.24 bits per heavy atom. The predicted molar refractivity (Wildman–Crippen MR) is 68.0 cm³/mol. The highest BCUT2D eigenvalue weighted by atomic mass is 16.3. The number of urea groups is 1. The second-order valence-corrected chi connectivity index (χ2v) is 4.52. The molecule has 2 amide bonds. The maximum atomic E-state index is 11.9. The summed E-state index contributed by atoms with van der Waals surface area (Å²) in [4.78, 5) is 16.0. The van der Waals surface area contributed by atoms with Crippen molar-refractivity contribution in [1.29, 1.82) is 0 Å². The molecular weight excluding hydrogens is 218 g/mol. The van der Waals surface area contributed by atoms with Crippen LogP contribution in [0.25, 0.3) is 0 Å². The molecule has 1 fully saturated rings. The minimum Gasteiger partial charge on any atom is -0.395 e. The first-order valence-corrected chi connectivity index (χ1v) is 6.59. The number of nitrogens with one attached hydrogen (secondary N) is 1. The molecule has 5 heteroatoms. The summed E-state index contributed by atoms with van der Waals surface area (Å²) < 4.78 is 0. The SMILES string of the molecule is CCC(CC)NC(=O)N1CCN(CCO)CC1. The van der Waals surface area contributed by atoms with Crippen LogP contribution in [0, 0.1) is 0 Å². The number of nitrogens with zero attached hydrogens (tertiary/aromatic N) is 2. The number of β-amino-alcohol motifs (C(OH)–C–C–N with tert-alkyl or cyclic N) is 1. The van der Waals surface area contributed by atoms with Crippen LogP contribution < -0.4 is 5.32 Å². The quantitative estimate of drug-likeness (QED) is 0.739. The van der Waals surface area contributed by atoms with E-state index in [0.29, 0.717) is 6.54 Å². The zero-order valence-electron chi connectivity index (χ0n) is 11.0. The summed E-state index contributed by atoms with van der Waals surface area (Å²) in [5.74, 6) is 0. The number of aliphatic hydroxyl groups excluding tert-OH is 1. The van der Waals surface area contributed by atoms with E-state index >= 15 is 0 Å². The molecular formula is C12H25N3O2. The van der Waals surface area contributed by atoms with Gasteiger partial charge in [-0.05, 0) is 12.8 Å². The van der Waals surface area contributed by atoms with E-state index in [1.54, 1.807) is 0 Å². The van der Waals surface area contributed by atoms with E-state index in [1.807, 2.05) is 4.90 Å². The maximum Gasteiger partial charge on any atom is 0.317 e. The number of aliphatic hydroxyl groups is 1. The van der Waals surface area contributed by atoms with Gasteiger partial charge in [-0.1, -0.05) is 13.8 Å². The van der Waals surface area contributed by atoms with Gasteiger partial charge in [0.1, 0.15) is 0 Å². The standard InChI is InChI=1S/C12H25N3O2/c1-3-11(4-2)13-12(17)15-7-5-14(6-8-15)9-10-16/h11,16H,3-10H2,1-2H3,(H,13,17). The van der Waals surface area contributed by atoms with Crippen molar-refractivity contribution >= 4 is 6.03 Å². The van der Waals surface area contributed by atoms with E-state index in [9.17, 15) is 4.79 Å². The van der Waals surface area contributed by atoms with Gasteiger partial charge in [0.2, 0.25) is 0 Å². The molecule has 1 rings (SSSR count). The lowest BCUT2D eigenvalue weighted by molar-refractivity contribution is 0.120. The summed E-state index contributed by atoms with van der Waals surface area (Å²) in [6, 6.07) is 0.348. The van der Waals surface area contributed by atoms with Gasteiger partial charge in [-0.25, -0.2) is 4.79 Å². The summed E-state index contributed by atoms with van der Waals surface area (Å²) in [7, 11) is 0. The molecule has 2 N–H and O–H groups in total. The van der Waals surface area contributed by atoms with E-state index in [0.717, 1.165) is 39.0 Å². The molecule has 1 aliphatic rings. The molecule has 0 saturated carbocycles. The van der Waals surface area contributed by atoms with Crippen molar-refractivity contribution in [1.82, 2.24) is 15.1 Å². The van der Waals surface area contributed by atoms with Gasteiger partial charge in [-0.3, -0.25) is 4.90 Å². The Bertz CT molecular complexity index is 224. The first-order chi connectivity index (χ1) is 8.21. The van der Waals surface area contributed by atoms with Gasteiger partial charge in [0.25, 0.3) is 0 Å². The van der Waals surface area contributed by atoms with Gasteiger partial charge in [-0.15, -0.1) is 0 Å². The molecule has 1 aliphatic heterocycles. The van der Waals surface area contributed by atoms with Gasteiger partial charge in [0.05, 0.1) is 6.61 Å². The summed E-state index contributed by atoms with van der Waals surface area (Å²) in [5, 5.41) is 11.9. The number of hydrogen-bond acceptors (Lipinski definition) is 3. The van der Waals surface area contributed by atoms with Crippen LogP contribution in [0.15, 0.2) is 0 Å². The molecule has 0 aromatic carbocycles. The fourth-order valence-electron chi connectivity index (χ4n) is 2.07. The smallest absolute Gasteiger partial charge is 0.317 e. The van der Waals surface area contributed by atoms with Gasteiger partial charge in [0, 0.05) is 38.8 Å². The zero-order valence-corrected chi connectivity index (χ0v) is 11.0. The van der Waals surface area contributed by atoms with Crippen LogP contribution in [0.1, 0.15) is 26.7 Å². The van der Waals surface area contributed by atoms with E-state index in [1.165, 1.54) is 0 Å². The van der Waals surface area contributed by atoms with Crippen molar-refractivity contribution in [3.05, 3.63) is 0 Å². The molecule has 1 saturated heterocycles. The molecule has 0 spiro atoms. The monoisotopic (exact) mass is 243 g/mol. The van der Waals surface area contributed by atoms with Gasteiger partial charge in [0.15, 0.2) is 0 Å². The van der Waals surface area contributed by atoms with Crippen molar-refractivity contribution in [2.24, 2.45) is 0 Å². The van der Waals surface area contributed by atoms with Crippen LogP contribution >= 0.6 is 0 Å². The summed E-state index contributed by atoms with van der Waals surface area (Å²) >= 11 is 0. The highest BCUT2D eigenvalue weighted by Crippen LogP contribution is 2.03. The fraction of sp³-hybridized carbons (Fsp3) is 0.917. The average molecular weight is 243 g/mol. The second-order valence-electron chi connectivity index (χ2n) is 4.52. The molecule has 5 nitrogen and oxygen atoms in total. The number of amides is 2. The zero-order chi connectivity index (χ0) is 12.7. The first-order valence-electron chi connectivity index (χ1n) is 6.59. The van der Waals surface area contributed by atoms with Crippen molar-refractivity contribution in [3.63, 3.8) is 0 Å². The Morgan fingerprint density at radius 3 is 2.29 bits per heavy atom. The molecule has 0 radical (unpaired) electrons. The predicted octanol–water partition coefficient (Wildman–Crippen LogP) is 0.494. The highest BCUT2D eigenvalue weighted by Gasteiger charge is 2.21. The van der Waals surface area contributed by atoms with Crippen LogP contribution in [0.2, 0.25) is 0 Å². The Morgan fingerprint density at radius 2 is 1.82 bits per heavy atom. The molecule has 17 heavy (non-hydrogen) atoms. The van der Waals surface area contributed by atoms with Gasteiger partial charge in [-0.2, -0.15) is 0 Å². The third kappa shape index (κ3) is 4.52. The molecule has 0 unspecified atom stereocenters. The first kappa shape index (κ1) is 14.3. The fourth-order valence-corrected chi connectivity index (χ4v) is 2.07. The lowest BCUT2D eigenvalue weighted by atomic mass is 10.2. The van der Waals surface area contributed by atoms with Gasteiger partial charge < -0.3 is 15.3 Å². The largest absolute Gasteiger partial charge is 0.395 e. The van der Waals surface area contributed by atoms with Crippen LogP contribution in [0.4, 0.5) is 4.79 Å². The van der Waals surface area contributed by atoms with E-state index in [4.69, 9.17) is 5.11 Å². The van der Waals surface area contributed by atoms with Crippen molar-refractivity contribution in [2.75, 3.05) is 39.3 Å². The summed E-state index contributed by atoms with van der Waals surface area (Å²) in [6.45, 7) is 8.31. The molecule has 0 aromatic heterocycles. The topological polar surface area (TPSA) is 55.8 Å². The van der Waals surface area contributed by atoms with Crippen molar-refractivity contribution in [3.8, 4) is 0 Å². The minimum absolute atomic E-state index is 0.0577. The summed E-state index contributed by atoms with van der Waals surface area (Å²) in [5.41, 5.74) is 0. The van der Waals surface area contributed by atoms with Crippen LogP contribution in [-0.4, -0.2) is 66.3 Å². The third-order valence-corrected chi connectivity index (χ3v) is 3.39. The van der Waals surface area contributed by atoms with E-state index < -0.39 is 0 Å².